The van der Waals surface area contributed by atoms with Gasteiger partial charge in [0, 0.05) is 42.1 Å². The minimum atomic E-state index is 0.600. The number of benzene rings is 6. The zero-order valence-electron chi connectivity index (χ0n) is 25.6. The highest BCUT2D eigenvalue weighted by Crippen LogP contribution is 2.45. The summed E-state index contributed by atoms with van der Waals surface area (Å²) in [6.07, 6.45) is 4.23. The second kappa shape index (κ2) is 11.2. The van der Waals surface area contributed by atoms with Crippen molar-refractivity contribution in [1.82, 2.24) is 19.5 Å². The molecule has 0 atom stereocenters. The highest BCUT2D eigenvalue weighted by Gasteiger charge is 2.22. The van der Waals surface area contributed by atoms with Gasteiger partial charge in [-0.25, -0.2) is 4.98 Å². The molecule has 0 amide bonds. The number of hydrogen-bond acceptors (Lipinski definition) is 4. The van der Waals surface area contributed by atoms with Gasteiger partial charge >= 0.3 is 0 Å². The maximum absolute atomic E-state index is 5.20. The number of thiophene rings is 1. The van der Waals surface area contributed by atoms with Crippen LogP contribution in [0.2, 0.25) is 0 Å². The normalized spacial score (nSPS) is 11.9. The molecule has 6 aromatic carbocycles. The first-order valence-corrected chi connectivity index (χ1v) is 16.6. The van der Waals surface area contributed by atoms with Gasteiger partial charge in [0.1, 0.15) is 0 Å². The number of hydrogen-bond donors (Lipinski definition) is 0. The molecule has 0 saturated carbocycles. The standard InChI is InChI=1S/C42H28N4S/c1-2-13-27-22-24-35-34(26-27)32-23-25-36-37(33-21-12-20-31(39(33)47-36)28-14-6-3-7-15-28)38(32)46(35)42-44-40(29-16-8-4-9-17-29)43-41(45-42)30-18-10-5-11-19-30/h2-26H,1H3/b13-2+. The van der Waals surface area contributed by atoms with Crippen LogP contribution in [0.25, 0.3) is 87.9 Å². The first kappa shape index (κ1) is 27.4. The van der Waals surface area contributed by atoms with Gasteiger partial charge in [0.05, 0.1) is 11.0 Å². The smallest absolute Gasteiger partial charge is 0.238 e. The fraction of sp³-hybridized carbons (Fsp3) is 0.0238. The molecule has 222 valence electrons. The van der Waals surface area contributed by atoms with Crippen molar-refractivity contribution < 1.29 is 0 Å². The molecule has 9 aromatic rings. The zero-order valence-corrected chi connectivity index (χ0v) is 26.4. The van der Waals surface area contributed by atoms with Crippen LogP contribution in [-0.2, 0) is 0 Å². The van der Waals surface area contributed by atoms with Crippen molar-refractivity contribution in [1.29, 1.82) is 0 Å². The molecule has 0 unspecified atom stereocenters. The van der Waals surface area contributed by atoms with Crippen molar-refractivity contribution in [2.45, 2.75) is 6.92 Å². The van der Waals surface area contributed by atoms with Crippen LogP contribution >= 0.6 is 11.3 Å². The molecule has 3 heterocycles. The summed E-state index contributed by atoms with van der Waals surface area (Å²) in [7, 11) is 0. The Kier molecular flexibility index (Phi) is 6.51. The number of fused-ring (bicyclic) bond motifs is 7. The van der Waals surface area contributed by atoms with E-state index in [4.69, 9.17) is 15.0 Å². The van der Waals surface area contributed by atoms with Crippen molar-refractivity contribution >= 4 is 59.4 Å². The van der Waals surface area contributed by atoms with Crippen LogP contribution in [0.4, 0.5) is 0 Å². The molecular formula is C42H28N4S. The maximum atomic E-state index is 5.20. The molecule has 4 nitrogen and oxygen atoms in total. The number of nitrogens with zero attached hydrogens (tertiary/aromatic N) is 4. The van der Waals surface area contributed by atoms with E-state index in [0.29, 0.717) is 17.6 Å². The van der Waals surface area contributed by atoms with Crippen LogP contribution in [0.5, 0.6) is 0 Å². The lowest BCUT2D eigenvalue weighted by atomic mass is 10.0. The number of rotatable bonds is 5. The van der Waals surface area contributed by atoms with Gasteiger partial charge in [-0.3, -0.25) is 4.57 Å². The molecule has 0 spiro atoms. The Hall–Kier alpha value is -5.91. The monoisotopic (exact) mass is 620 g/mol. The van der Waals surface area contributed by atoms with Crippen LogP contribution in [0.15, 0.2) is 146 Å². The van der Waals surface area contributed by atoms with Gasteiger partial charge in [0.15, 0.2) is 11.6 Å². The molecule has 9 rings (SSSR count). The zero-order chi connectivity index (χ0) is 31.3. The number of allylic oxidation sites excluding steroid dienone is 1. The van der Waals surface area contributed by atoms with Crippen LogP contribution in [0.1, 0.15) is 12.5 Å². The van der Waals surface area contributed by atoms with Gasteiger partial charge in [-0.05, 0) is 41.8 Å². The lowest BCUT2D eigenvalue weighted by Crippen LogP contribution is -2.06. The van der Waals surface area contributed by atoms with E-state index in [-0.39, 0.29) is 0 Å². The molecule has 0 aliphatic rings. The van der Waals surface area contributed by atoms with Gasteiger partial charge in [-0.15, -0.1) is 11.3 Å². The van der Waals surface area contributed by atoms with Crippen molar-refractivity contribution in [2.24, 2.45) is 0 Å². The van der Waals surface area contributed by atoms with Gasteiger partial charge in [-0.2, -0.15) is 9.97 Å². The average Bonchev–Trinajstić information content (AvgIpc) is 3.68. The third kappa shape index (κ3) is 4.55. The SMILES string of the molecule is C/C=C/c1ccc2c(c1)c1ccc3sc4c(-c5ccccc5)cccc4c3c1n2-c1nc(-c2ccccc2)nc(-c2ccccc2)n1. The lowest BCUT2D eigenvalue weighted by molar-refractivity contribution is 0.955. The van der Waals surface area contributed by atoms with Crippen molar-refractivity contribution in [3.8, 4) is 39.9 Å². The van der Waals surface area contributed by atoms with Crippen molar-refractivity contribution in [3.05, 3.63) is 151 Å². The Morgan fingerprint density at radius 3 is 1.89 bits per heavy atom. The van der Waals surface area contributed by atoms with Crippen LogP contribution in [0, 0.1) is 0 Å². The predicted molar refractivity (Wildman–Crippen MR) is 198 cm³/mol. The summed E-state index contributed by atoms with van der Waals surface area (Å²) in [5.74, 6) is 1.88. The topological polar surface area (TPSA) is 43.6 Å². The lowest BCUT2D eigenvalue weighted by Gasteiger charge is -2.11. The molecule has 5 heteroatoms. The molecule has 3 aromatic heterocycles. The van der Waals surface area contributed by atoms with Gasteiger partial charge in [0.25, 0.3) is 0 Å². The number of aromatic nitrogens is 4. The highest BCUT2D eigenvalue weighted by molar-refractivity contribution is 7.26. The Labute approximate surface area is 276 Å². The van der Waals surface area contributed by atoms with Gasteiger partial charge in [-0.1, -0.05) is 133 Å². The minimum Gasteiger partial charge on any atom is -0.277 e. The second-order valence-electron chi connectivity index (χ2n) is 11.6. The molecule has 0 aliphatic carbocycles. The summed E-state index contributed by atoms with van der Waals surface area (Å²) in [5.41, 5.74) is 7.68. The predicted octanol–water partition coefficient (Wildman–Crippen LogP) is 11.4. The summed E-state index contributed by atoms with van der Waals surface area (Å²) in [6.45, 7) is 2.06. The molecule has 0 fully saturated rings. The summed E-state index contributed by atoms with van der Waals surface area (Å²) in [5, 5.41) is 4.79. The van der Waals surface area contributed by atoms with E-state index in [9.17, 15) is 0 Å². The van der Waals surface area contributed by atoms with Crippen LogP contribution in [-0.4, -0.2) is 19.5 Å². The largest absolute Gasteiger partial charge is 0.277 e. The maximum Gasteiger partial charge on any atom is 0.238 e. The van der Waals surface area contributed by atoms with Crippen LogP contribution < -0.4 is 0 Å². The Morgan fingerprint density at radius 2 is 1.23 bits per heavy atom. The third-order valence-electron chi connectivity index (χ3n) is 8.74. The molecule has 0 saturated heterocycles. The first-order valence-electron chi connectivity index (χ1n) is 15.7. The fourth-order valence-electron chi connectivity index (χ4n) is 6.65. The van der Waals surface area contributed by atoms with E-state index in [1.165, 1.54) is 42.1 Å². The van der Waals surface area contributed by atoms with Crippen molar-refractivity contribution in [3.63, 3.8) is 0 Å². The van der Waals surface area contributed by atoms with E-state index in [0.717, 1.165) is 27.7 Å². The highest BCUT2D eigenvalue weighted by atomic mass is 32.1. The summed E-state index contributed by atoms with van der Waals surface area (Å²) in [4.78, 5) is 15.4. The third-order valence-corrected chi connectivity index (χ3v) is 9.95. The summed E-state index contributed by atoms with van der Waals surface area (Å²) >= 11 is 1.85. The Bertz CT molecular complexity index is 2560. The van der Waals surface area contributed by atoms with Crippen LogP contribution in [0.3, 0.4) is 0 Å². The Balaban J connectivity index is 1.43. The summed E-state index contributed by atoms with van der Waals surface area (Å²) < 4.78 is 4.77. The van der Waals surface area contributed by atoms with E-state index >= 15 is 0 Å². The summed E-state index contributed by atoms with van der Waals surface area (Å²) in [6, 6.07) is 48.9. The molecular weight excluding hydrogens is 593 g/mol. The minimum absolute atomic E-state index is 0.600. The quantitative estimate of drug-likeness (QED) is 0.192. The molecule has 0 bridgehead atoms. The van der Waals surface area contributed by atoms with Gasteiger partial charge < -0.3 is 0 Å². The van der Waals surface area contributed by atoms with E-state index in [2.05, 4.69) is 127 Å². The molecule has 0 N–H and O–H groups in total. The molecule has 47 heavy (non-hydrogen) atoms. The molecule has 0 aliphatic heterocycles. The first-order chi connectivity index (χ1) is 23.3. The van der Waals surface area contributed by atoms with E-state index in [1.54, 1.807) is 0 Å². The van der Waals surface area contributed by atoms with E-state index < -0.39 is 0 Å². The molecule has 0 radical (unpaired) electrons. The van der Waals surface area contributed by atoms with Crippen molar-refractivity contribution in [2.75, 3.05) is 0 Å². The second-order valence-corrected chi connectivity index (χ2v) is 12.7. The Morgan fingerprint density at radius 1 is 0.574 bits per heavy atom. The van der Waals surface area contributed by atoms with E-state index in [1.807, 2.05) is 47.7 Å². The average molecular weight is 621 g/mol. The van der Waals surface area contributed by atoms with Gasteiger partial charge in [0.2, 0.25) is 5.95 Å². The fourth-order valence-corrected chi connectivity index (χ4v) is 7.89.